The second kappa shape index (κ2) is 16.9. The van der Waals surface area contributed by atoms with Gasteiger partial charge in [-0.05, 0) is 71.9 Å². The molecule has 0 spiro atoms. The molecular formula is C30H60N6O6. The van der Waals surface area contributed by atoms with E-state index < -0.39 is 40.8 Å². The molecule has 1 rings (SSSR count). The summed E-state index contributed by atoms with van der Waals surface area (Å²) in [6, 6.07) is 0. The number of hydrogen-bond donors (Lipinski definition) is 3. The number of β-amino-alcohol motifs (C(OH)–C–C–N with tert-alkyl or cyclic N) is 1. The van der Waals surface area contributed by atoms with Crippen molar-refractivity contribution in [1.29, 1.82) is 0 Å². The number of nitrogens with zero attached hydrogens (tertiary/aromatic N) is 6. The fourth-order valence-corrected chi connectivity index (χ4v) is 4.89. The Bertz CT molecular complexity index is 1110. The molecule has 0 amide bonds. The van der Waals surface area contributed by atoms with Gasteiger partial charge >= 0.3 is 17.1 Å². The molecule has 0 aliphatic rings. The fourth-order valence-electron chi connectivity index (χ4n) is 4.89. The van der Waals surface area contributed by atoms with E-state index in [0.717, 1.165) is 46.3 Å². The molecular weight excluding hydrogens is 540 g/mol. The van der Waals surface area contributed by atoms with Crippen LogP contribution >= 0.6 is 0 Å². The summed E-state index contributed by atoms with van der Waals surface area (Å²) in [6.07, 6.45) is -2.25. The van der Waals surface area contributed by atoms with Crippen molar-refractivity contribution in [3.05, 3.63) is 31.5 Å². The maximum atomic E-state index is 13.5. The number of aliphatic hydroxyl groups is 3. The number of hydrogen-bond acceptors (Lipinski definition) is 9. The van der Waals surface area contributed by atoms with Crippen molar-refractivity contribution in [2.45, 2.75) is 119 Å². The Morgan fingerprint density at radius 1 is 0.619 bits per heavy atom. The van der Waals surface area contributed by atoms with Crippen molar-refractivity contribution in [3.8, 4) is 0 Å². The minimum absolute atomic E-state index is 0.224. The van der Waals surface area contributed by atoms with Gasteiger partial charge in [-0.2, -0.15) is 0 Å². The third-order valence-corrected chi connectivity index (χ3v) is 8.07. The molecule has 0 radical (unpaired) electrons. The van der Waals surface area contributed by atoms with Crippen LogP contribution in [0.4, 0.5) is 0 Å². The van der Waals surface area contributed by atoms with E-state index in [4.69, 9.17) is 0 Å². The Kier molecular flexibility index (Phi) is 15.3. The predicted molar refractivity (Wildman–Crippen MR) is 168 cm³/mol. The molecule has 1 aromatic heterocycles. The second-order valence-electron chi connectivity index (χ2n) is 13.4. The van der Waals surface area contributed by atoms with Gasteiger partial charge in [-0.25, -0.2) is 28.1 Å². The summed E-state index contributed by atoms with van der Waals surface area (Å²) in [5, 5.41) is 32.6. The van der Waals surface area contributed by atoms with Crippen LogP contribution in [0.3, 0.4) is 0 Å². The molecule has 12 nitrogen and oxygen atoms in total. The zero-order valence-electron chi connectivity index (χ0n) is 28.0. The summed E-state index contributed by atoms with van der Waals surface area (Å²) in [5.74, 6) is 0. The highest BCUT2D eigenvalue weighted by atomic mass is 16.3. The molecule has 0 saturated heterocycles. The Balaban J connectivity index is 3.43. The molecule has 0 aromatic carbocycles. The van der Waals surface area contributed by atoms with Crippen molar-refractivity contribution in [2.75, 3.05) is 52.4 Å². The zero-order chi connectivity index (χ0) is 32.4. The van der Waals surface area contributed by atoms with Gasteiger partial charge < -0.3 is 25.1 Å². The van der Waals surface area contributed by atoms with E-state index in [1.54, 1.807) is 20.8 Å². The Morgan fingerprint density at radius 2 is 1.02 bits per heavy atom. The monoisotopic (exact) mass is 600 g/mol. The summed E-state index contributed by atoms with van der Waals surface area (Å²) in [4.78, 5) is 46.9. The van der Waals surface area contributed by atoms with Gasteiger partial charge in [0, 0.05) is 18.6 Å². The highest BCUT2D eigenvalue weighted by Crippen LogP contribution is 2.19. The third kappa shape index (κ3) is 11.3. The highest BCUT2D eigenvalue weighted by Gasteiger charge is 2.28. The molecule has 3 N–H and O–H groups in total. The van der Waals surface area contributed by atoms with Crippen molar-refractivity contribution in [1.82, 2.24) is 28.4 Å². The van der Waals surface area contributed by atoms with E-state index >= 15 is 0 Å². The van der Waals surface area contributed by atoms with Gasteiger partial charge in [-0.15, -0.1) is 0 Å². The first-order valence-electron chi connectivity index (χ1n) is 15.6. The largest absolute Gasteiger partial charge is 0.391 e. The molecule has 246 valence electrons. The van der Waals surface area contributed by atoms with E-state index in [2.05, 4.69) is 44.4 Å². The molecule has 3 atom stereocenters. The lowest BCUT2D eigenvalue weighted by molar-refractivity contribution is 0.0388. The van der Waals surface area contributed by atoms with Gasteiger partial charge in [0.15, 0.2) is 0 Å². The standard InChI is InChI=1S/C30H60N6O6/c1-11-31(12-2)16-15-17-33(30(8,9)10)19-24(38)21-35-26(40)34(20-23(37)18-32(13-3)14-4)27(41)36(28(35)42)22-25(39)29(5,6)7/h23-25,37-39H,11-22H2,1-10H3. The fraction of sp³-hybridized carbons (Fsp3) is 0.900. The molecule has 3 unspecified atom stereocenters. The van der Waals surface area contributed by atoms with E-state index in [1.165, 1.54) is 0 Å². The summed E-state index contributed by atoms with van der Waals surface area (Å²) < 4.78 is 2.56. The van der Waals surface area contributed by atoms with Crippen molar-refractivity contribution >= 4 is 0 Å². The first-order valence-corrected chi connectivity index (χ1v) is 15.6. The van der Waals surface area contributed by atoms with Crippen LogP contribution in [0.1, 0.15) is 75.7 Å². The molecule has 0 bridgehead atoms. The molecule has 0 aliphatic carbocycles. The maximum absolute atomic E-state index is 13.5. The highest BCUT2D eigenvalue weighted by molar-refractivity contribution is 4.86. The van der Waals surface area contributed by atoms with Crippen LogP contribution in [0.5, 0.6) is 0 Å². The lowest BCUT2D eigenvalue weighted by atomic mass is 9.89. The van der Waals surface area contributed by atoms with Gasteiger partial charge in [-0.3, -0.25) is 4.90 Å². The van der Waals surface area contributed by atoms with Crippen molar-refractivity contribution in [3.63, 3.8) is 0 Å². The van der Waals surface area contributed by atoms with Crippen molar-refractivity contribution < 1.29 is 15.3 Å². The van der Waals surface area contributed by atoms with Crippen LogP contribution in [-0.4, -0.2) is 120 Å². The lowest BCUT2D eigenvalue weighted by Gasteiger charge is -2.37. The SMILES string of the molecule is CCN(CC)CCCN(CC(O)Cn1c(=O)n(CC(O)CN(CC)CC)c(=O)n(CC(O)C(C)(C)C)c1=O)C(C)(C)C. The number of aliphatic hydroxyl groups excluding tert-OH is 3. The van der Waals surface area contributed by atoms with Gasteiger partial charge in [0.1, 0.15) is 0 Å². The Labute approximate surface area is 252 Å². The van der Waals surface area contributed by atoms with Crippen LogP contribution in [0.15, 0.2) is 14.4 Å². The van der Waals surface area contributed by atoms with Crippen LogP contribution in [0, 0.1) is 5.41 Å². The summed E-state index contributed by atoms with van der Waals surface area (Å²) in [6.45, 7) is 24.2. The lowest BCUT2D eigenvalue weighted by Crippen LogP contribution is -2.58. The van der Waals surface area contributed by atoms with Gasteiger partial charge in [-0.1, -0.05) is 48.5 Å². The number of likely N-dealkylation sites (N-methyl/N-ethyl adjacent to an activating group) is 1. The van der Waals surface area contributed by atoms with E-state index in [-0.39, 0.29) is 38.3 Å². The first-order chi connectivity index (χ1) is 19.4. The number of rotatable bonds is 18. The van der Waals surface area contributed by atoms with Crippen LogP contribution in [-0.2, 0) is 19.6 Å². The summed E-state index contributed by atoms with van der Waals surface area (Å²) >= 11 is 0. The van der Waals surface area contributed by atoms with E-state index in [9.17, 15) is 29.7 Å². The number of aromatic nitrogens is 3. The Morgan fingerprint density at radius 3 is 1.40 bits per heavy atom. The van der Waals surface area contributed by atoms with Crippen molar-refractivity contribution in [2.24, 2.45) is 5.41 Å². The molecule has 1 heterocycles. The quantitative estimate of drug-likeness (QED) is 0.220. The van der Waals surface area contributed by atoms with Crippen LogP contribution in [0.25, 0.3) is 0 Å². The predicted octanol–water partition coefficient (Wildman–Crippen LogP) is 0.475. The normalized spacial score (nSPS) is 15.1. The molecule has 0 aliphatic heterocycles. The van der Waals surface area contributed by atoms with E-state index in [1.807, 2.05) is 18.7 Å². The smallest absolute Gasteiger partial charge is 0.336 e. The summed E-state index contributed by atoms with van der Waals surface area (Å²) in [7, 11) is 0. The average Bonchev–Trinajstić information content (AvgIpc) is 2.90. The van der Waals surface area contributed by atoms with Crippen LogP contribution < -0.4 is 17.1 Å². The minimum Gasteiger partial charge on any atom is -0.391 e. The second-order valence-corrected chi connectivity index (χ2v) is 13.4. The minimum atomic E-state index is -1.07. The van der Waals surface area contributed by atoms with Crippen LogP contribution in [0.2, 0.25) is 0 Å². The topological polar surface area (TPSA) is 136 Å². The molecule has 0 fully saturated rings. The summed E-state index contributed by atoms with van der Waals surface area (Å²) in [5.41, 5.74) is -3.54. The molecule has 42 heavy (non-hydrogen) atoms. The van der Waals surface area contributed by atoms with Gasteiger partial charge in [0.05, 0.1) is 37.9 Å². The van der Waals surface area contributed by atoms with E-state index in [0.29, 0.717) is 13.1 Å². The molecule has 12 heteroatoms. The van der Waals surface area contributed by atoms with Gasteiger partial charge in [0.25, 0.3) is 0 Å². The van der Waals surface area contributed by atoms with Gasteiger partial charge in [0.2, 0.25) is 0 Å². The average molecular weight is 601 g/mol. The molecule has 1 aromatic rings. The zero-order valence-corrected chi connectivity index (χ0v) is 28.0. The first kappa shape index (κ1) is 38.2. The Hall–Kier alpha value is -1.83. The third-order valence-electron chi connectivity index (χ3n) is 8.07. The molecule has 0 saturated carbocycles. The maximum Gasteiger partial charge on any atom is 0.336 e.